The zero-order valence-electron chi connectivity index (χ0n) is 12.5. The third kappa shape index (κ3) is 3.76. The van der Waals surface area contributed by atoms with Crippen molar-refractivity contribution in [3.05, 3.63) is 30.2 Å². The Morgan fingerprint density at radius 2 is 2.05 bits per heavy atom. The van der Waals surface area contributed by atoms with Gasteiger partial charge in [-0.25, -0.2) is 0 Å². The predicted octanol–water partition coefficient (Wildman–Crippen LogP) is 2.77. The highest BCUT2D eigenvalue weighted by Crippen LogP contribution is 2.20. The van der Waals surface area contributed by atoms with E-state index in [0.29, 0.717) is 6.04 Å². The van der Waals surface area contributed by atoms with Crippen LogP contribution in [0.2, 0.25) is 0 Å². The van der Waals surface area contributed by atoms with Crippen molar-refractivity contribution in [1.82, 2.24) is 9.80 Å². The van der Waals surface area contributed by atoms with Crippen molar-refractivity contribution in [3.63, 3.8) is 0 Å². The fourth-order valence-corrected chi connectivity index (χ4v) is 3.38. The fraction of sp³-hybridized carbons (Fsp3) is 0.588. The lowest BCUT2D eigenvalue weighted by Crippen LogP contribution is -2.48. The summed E-state index contributed by atoms with van der Waals surface area (Å²) in [6, 6.07) is 2.25. The van der Waals surface area contributed by atoms with E-state index in [2.05, 4.69) is 9.80 Å². The third-order valence-corrected chi connectivity index (χ3v) is 4.54. The molecule has 2 fully saturated rings. The Bertz CT molecular complexity index is 475. The molecule has 0 spiro atoms. The number of hydrogen-bond donors (Lipinski definition) is 0. The lowest BCUT2D eigenvalue weighted by molar-refractivity contribution is -0.129. The first kappa shape index (κ1) is 14.4. The molecular weight excluding hydrogens is 264 g/mol. The Morgan fingerprint density at radius 3 is 2.81 bits per heavy atom. The molecule has 114 valence electrons. The second-order valence-corrected chi connectivity index (χ2v) is 6.08. The number of likely N-dealkylation sites (tertiary alicyclic amines) is 2. The van der Waals surface area contributed by atoms with E-state index in [0.717, 1.165) is 31.5 Å². The van der Waals surface area contributed by atoms with Gasteiger partial charge in [0, 0.05) is 30.8 Å². The second kappa shape index (κ2) is 6.94. The number of carbonyl (C=O) groups excluding carboxylic acids is 1. The molecule has 2 aliphatic heterocycles. The Kier molecular flexibility index (Phi) is 4.76. The molecule has 0 saturated carbocycles. The van der Waals surface area contributed by atoms with Crippen LogP contribution in [0.15, 0.2) is 29.1 Å². The van der Waals surface area contributed by atoms with Crippen LogP contribution in [0.3, 0.4) is 0 Å². The number of hydrogen-bond acceptors (Lipinski definition) is 3. The monoisotopic (exact) mass is 288 g/mol. The number of rotatable bonds is 4. The van der Waals surface area contributed by atoms with Gasteiger partial charge in [0.05, 0.1) is 12.5 Å². The van der Waals surface area contributed by atoms with E-state index < -0.39 is 0 Å². The van der Waals surface area contributed by atoms with Crippen molar-refractivity contribution < 1.29 is 9.21 Å². The summed E-state index contributed by atoms with van der Waals surface area (Å²) in [5.74, 6) is 0.139. The van der Waals surface area contributed by atoms with Gasteiger partial charge in [-0.2, -0.15) is 0 Å². The number of furan rings is 1. The Morgan fingerprint density at radius 1 is 1.24 bits per heavy atom. The maximum absolute atomic E-state index is 12.5. The van der Waals surface area contributed by atoms with Crippen LogP contribution in [0.1, 0.15) is 37.7 Å². The molecule has 0 radical (unpaired) electrons. The maximum Gasteiger partial charge on any atom is 0.246 e. The zero-order chi connectivity index (χ0) is 14.5. The number of amides is 1. The summed E-state index contributed by atoms with van der Waals surface area (Å²) >= 11 is 0. The molecule has 1 amide bonds. The van der Waals surface area contributed by atoms with Gasteiger partial charge in [-0.05, 0) is 57.3 Å². The highest BCUT2D eigenvalue weighted by atomic mass is 16.3. The summed E-state index contributed by atoms with van der Waals surface area (Å²) in [7, 11) is 0. The zero-order valence-corrected chi connectivity index (χ0v) is 12.5. The molecule has 0 aliphatic carbocycles. The van der Waals surface area contributed by atoms with Gasteiger partial charge in [0.15, 0.2) is 0 Å². The molecule has 0 N–H and O–H groups in total. The minimum atomic E-state index is 0.139. The summed E-state index contributed by atoms with van der Waals surface area (Å²) in [5.41, 5.74) is 0.941. The van der Waals surface area contributed by atoms with Crippen molar-refractivity contribution in [2.45, 2.75) is 38.1 Å². The van der Waals surface area contributed by atoms with Crippen LogP contribution in [0.5, 0.6) is 0 Å². The molecule has 0 aromatic carbocycles. The predicted molar refractivity (Wildman–Crippen MR) is 82.8 cm³/mol. The van der Waals surface area contributed by atoms with Crippen molar-refractivity contribution >= 4 is 12.0 Å². The standard InChI is InChI=1S/C17H24N2O2/c20-17(7-6-15-8-12-21-14-15)19-11-2-1-5-16(19)13-18-9-3-4-10-18/h6-8,12,14,16H,1-5,9-11,13H2/b7-6+/t16-/m0/s1. The Hall–Kier alpha value is -1.55. The Labute approximate surface area is 126 Å². The molecule has 0 unspecified atom stereocenters. The number of piperidine rings is 1. The SMILES string of the molecule is O=C(/C=C/c1ccoc1)N1CCCC[C@H]1CN1CCCC1. The topological polar surface area (TPSA) is 36.7 Å². The lowest BCUT2D eigenvalue weighted by Gasteiger charge is -2.37. The van der Waals surface area contributed by atoms with Crippen molar-refractivity contribution in [3.8, 4) is 0 Å². The summed E-state index contributed by atoms with van der Waals surface area (Å²) in [4.78, 5) is 17.0. The van der Waals surface area contributed by atoms with Crippen LogP contribution < -0.4 is 0 Å². The molecule has 3 heterocycles. The second-order valence-electron chi connectivity index (χ2n) is 6.08. The quantitative estimate of drug-likeness (QED) is 0.799. The van der Waals surface area contributed by atoms with Gasteiger partial charge >= 0.3 is 0 Å². The van der Waals surface area contributed by atoms with Gasteiger partial charge < -0.3 is 14.2 Å². The van der Waals surface area contributed by atoms with E-state index in [1.807, 2.05) is 12.1 Å². The molecule has 2 aliphatic rings. The molecule has 1 aromatic heterocycles. The van der Waals surface area contributed by atoms with Crippen molar-refractivity contribution in [2.24, 2.45) is 0 Å². The van der Waals surface area contributed by atoms with Gasteiger partial charge in [-0.15, -0.1) is 0 Å². The maximum atomic E-state index is 12.5. The molecule has 4 nitrogen and oxygen atoms in total. The van der Waals surface area contributed by atoms with Crippen LogP contribution >= 0.6 is 0 Å². The van der Waals surface area contributed by atoms with Gasteiger partial charge in [0.25, 0.3) is 0 Å². The van der Waals surface area contributed by atoms with Crippen LogP contribution in [0.25, 0.3) is 6.08 Å². The van der Waals surface area contributed by atoms with Gasteiger partial charge in [0.2, 0.25) is 5.91 Å². The summed E-state index contributed by atoms with van der Waals surface area (Å²) in [6.45, 7) is 4.34. The van der Waals surface area contributed by atoms with E-state index in [1.165, 1.54) is 32.4 Å². The molecule has 0 bridgehead atoms. The Balaban J connectivity index is 1.61. The summed E-state index contributed by atoms with van der Waals surface area (Å²) < 4.78 is 5.02. The van der Waals surface area contributed by atoms with Gasteiger partial charge in [0.1, 0.15) is 0 Å². The van der Waals surface area contributed by atoms with Crippen molar-refractivity contribution in [2.75, 3.05) is 26.2 Å². The first-order valence-corrected chi connectivity index (χ1v) is 8.06. The number of nitrogens with zero attached hydrogens (tertiary/aromatic N) is 2. The number of carbonyl (C=O) groups is 1. The highest BCUT2D eigenvalue weighted by molar-refractivity contribution is 5.92. The van der Waals surface area contributed by atoms with Crippen molar-refractivity contribution in [1.29, 1.82) is 0 Å². The minimum Gasteiger partial charge on any atom is -0.472 e. The molecule has 21 heavy (non-hydrogen) atoms. The average molecular weight is 288 g/mol. The van der Waals surface area contributed by atoms with E-state index >= 15 is 0 Å². The molecule has 1 atom stereocenters. The van der Waals surface area contributed by atoms with Crippen LogP contribution in [-0.2, 0) is 4.79 Å². The average Bonchev–Trinajstić information content (AvgIpc) is 3.18. The molecule has 3 rings (SSSR count). The van der Waals surface area contributed by atoms with Crippen LogP contribution in [0.4, 0.5) is 0 Å². The molecule has 1 aromatic rings. The minimum absolute atomic E-state index is 0.139. The van der Waals surface area contributed by atoms with Gasteiger partial charge in [-0.3, -0.25) is 4.79 Å². The van der Waals surface area contributed by atoms with E-state index in [1.54, 1.807) is 18.6 Å². The molecular formula is C17H24N2O2. The largest absolute Gasteiger partial charge is 0.472 e. The molecule has 4 heteroatoms. The third-order valence-electron chi connectivity index (χ3n) is 4.54. The molecule has 2 saturated heterocycles. The lowest BCUT2D eigenvalue weighted by atomic mass is 10.0. The highest BCUT2D eigenvalue weighted by Gasteiger charge is 2.27. The van der Waals surface area contributed by atoms with E-state index in [-0.39, 0.29) is 5.91 Å². The fourth-order valence-electron chi connectivity index (χ4n) is 3.38. The van der Waals surface area contributed by atoms with Crippen LogP contribution in [-0.4, -0.2) is 47.9 Å². The summed E-state index contributed by atoms with van der Waals surface area (Å²) in [6.07, 6.45) is 12.9. The smallest absolute Gasteiger partial charge is 0.246 e. The first-order valence-electron chi connectivity index (χ1n) is 8.06. The van der Waals surface area contributed by atoms with E-state index in [4.69, 9.17) is 4.42 Å². The first-order chi connectivity index (χ1) is 10.3. The van der Waals surface area contributed by atoms with E-state index in [9.17, 15) is 4.79 Å². The van der Waals surface area contributed by atoms with Gasteiger partial charge in [-0.1, -0.05) is 0 Å². The van der Waals surface area contributed by atoms with Crippen LogP contribution in [0, 0.1) is 0 Å². The summed E-state index contributed by atoms with van der Waals surface area (Å²) in [5, 5.41) is 0. The normalized spacial score (nSPS) is 24.0.